The quantitative estimate of drug-likeness (QED) is 0.141. The van der Waals surface area contributed by atoms with Crippen LogP contribution in [0.5, 0.6) is 0 Å². The lowest BCUT2D eigenvalue weighted by Gasteiger charge is -2.66. The van der Waals surface area contributed by atoms with Crippen molar-refractivity contribution in [2.24, 2.45) is 22.7 Å². The van der Waals surface area contributed by atoms with Crippen LogP contribution in [0.1, 0.15) is 113 Å². The van der Waals surface area contributed by atoms with Gasteiger partial charge in [-0.2, -0.15) is 0 Å². The number of carbonyl (C=O) groups is 1. The Hall–Kier alpha value is -1.27. The van der Waals surface area contributed by atoms with Gasteiger partial charge in [-0.3, -0.25) is 4.79 Å². The summed E-state index contributed by atoms with van der Waals surface area (Å²) >= 11 is 0. The molecule has 4 saturated heterocycles. The fraction of sp³-hybridized carbons (Fsp3) is 0.935. The van der Waals surface area contributed by atoms with E-state index < -0.39 is 144 Å². The average Bonchev–Trinajstić information content (AvgIpc) is 3.45. The molecule has 64 heavy (non-hydrogen) atoms. The number of fused-ring (bicyclic) bond motifs is 5. The summed E-state index contributed by atoms with van der Waals surface area (Å²) in [6.45, 7) is 12.1. The molecule has 8 aliphatic rings. The first-order valence-electron chi connectivity index (χ1n) is 23.5. The summed E-state index contributed by atoms with van der Waals surface area (Å²) in [6.07, 6.45) is -10.5. The topological polar surface area (TPSA) is 262 Å². The summed E-state index contributed by atoms with van der Waals surface area (Å²) in [7, 11) is 1.51. The monoisotopic (exact) mass is 914 g/mol. The molecule has 8 N–H and O–H groups in total. The zero-order chi connectivity index (χ0) is 46.4. The third-order valence-corrected chi connectivity index (χ3v) is 17.1. The number of ketones is 1. The van der Waals surface area contributed by atoms with Crippen LogP contribution in [0, 0.1) is 22.7 Å². The van der Waals surface area contributed by atoms with Gasteiger partial charge in [-0.05, 0) is 78.6 Å². The largest absolute Gasteiger partial charge is 0.392 e. The highest BCUT2D eigenvalue weighted by atomic mass is 16.8. The molecule has 4 aliphatic heterocycles. The molecule has 25 atom stereocenters. The van der Waals surface area contributed by atoms with Crippen molar-refractivity contribution in [1.29, 1.82) is 0 Å². The predicted molar refractivity (Wildman–Crippen MR) is 222 cm³/mol. The van der Waals surface area contributed by atoms with E-state index in [1.165, 1.54) is 14.0 Å². The summed E-state index contributed by atoms with van der Waals surface area (Å²) in [5, 5.41) is 91.8. The lowest BCUT2D eigenvalue weighted by atomic mass is 9.42. The number of rotatable bonds is 10. The molecule has 366 valence electrons. The minimum absolute atomic E-state index is 0.0257. The van der Waals surface area contributed by atoms with Gasteiger partial charge in [-0.25, -0.2) is 0 Å². The first kappa shape index (κ1) is 49.2. The van der Waals surface area contributed by atoms with Crippen LogP contribution in [0.3, 0.4) is 0 Å². The van der Waals surface area contributed by atoms with Gasteiger partial charge < -0.3 is 83.5 Å². The van der Waals surface area contributed by atoms with E-state index in [1.807, 2.05) is 13.0 Å². The number of hydrogen-bond acceptors (Lipinski definition) is 18. The van der Waals surface area contributed by atoms with Crippen molar-refractivity contribution < 1.29 is 88.3 Å². The highest BCUT2D eigenvalue weighted by Crippen LogP contribution is 2.69. The van der Waals surface area contributed by atoms with Gasteiger partial charge >= 0.3 is 0 Å². The highest BCUT2D eigenvalue weighted by Gasteiger charge is 2.79. The molecule has 0 radical (unpaired) electrons. The van der Waals surface area contributed by atoms with Crippen LogP contribution in [0.25, 0.3) is 0 Å². The molecule has 18 nitrogen and oxygen atoms in total. The number of Topliss-reactive ketones (excluding diaryl/α,β-unsaturated/α-hetero) is 1. The van der Waals surface area contributed by atoms with Gasteiger partial charge in [-0.1, -0.05) is 25.5 Å². The van der Waals surface area contributed by atoms with Gasteiger partial charge in [0.2, 0.25) is 0 Å². The first-order chi connectivity index (χ1) is 30.0. The Kier molecular flexibility index (Phi) is 14.0. The second kappa shape index (κ2) is 18.2. The molecular weight excluding hydrogens is 840 g/mol. The lowest BCUT2D eigenvalue weighted by molar-refractivity contribution is -0.344. The predicted octanol–water partition coefficient (Wildman–Crippen LogP) is 0.865. The van der Waals surface area contributed by atoms with Gasteiger partial charge in [0.25, 0.3) is 0 Å². The van der Waals surface area contributed by atoms with Crippen molar-refractivity contribution in [3.8, 4) is 0 Å². The van der Waals surface area contributed by atoms with Crippen molar-refractivity contribution in [3.63, 3.8) is 0 Å². The summed E-state index contributed by atoms with van der Waals surface area (Å²) in [5.74, 6) is -1.60. The van der Waals surface area contributed by atoms with E-state index in [-0.39, 0.29) is 56.8 Å². The molecule has 4 aliphatic carbocycles. The maximum atomic E-state index is 12.7. The maximum Gasteiger partial charge on any atom is 0.161 e. The smallest absolute Gasteiger partial charge is 0.161 e. The third kappa shape index (κ3) is 8.18. The molecular formula is C46H74O18. The molecule has 0 bridgehead atoms. The zero-order valence-electron chi connectivity index (χ0n) is 38.4. The Morgan fingerprint density at radius 2 is 1.16 bits per heavy atom. The van der Waals surface area contributed by atoms with Crippen LogP contribution in [-0.4, -0.2) is 182 Å². The van der Waals surface area contributed by atoms with Crippen LogP contribution in [0.15, 0.2) is 11.6 Å². The van der Waals surface area contributed by atoms with Crippen molar-refractivity contribution in [3.05, 3.63) is 11.6 Å². The van der Waals surface area contributed by atoms with Crippen molar-refractivity contribution in [2.75, 3.05) is 7.11 Å². The summed E-state index contributed by atoms with van der Waals surface area (Å²) < 4.78 is 54.7. The van der Waals surface area contributed by atoms with E-state index in [1.54, 1.807) is 34.6 Å². The van der Waals surface area contributed by atoms with Gasteiger partial charge in [-0.15, -0.1) is 0 Å². The molecule has 7 fully saturated rings. The van der Waals surface area contributed by atoms with Crippen molar-refractivity contribution >= 4 is 5.78 Å². The fourth-order valence-electron chi connectivity index (χ4n) is 13.4. The Labute approximate surface area is 375 Å². The van der Waals surface area contributed by atoms with Gasteiger partial charge in [0.1, 0.15) is 41.4 Å². The number of ether oxygens (including phenoxy) is 9. The lowest BCUT2D eigenvalue weighted by Crippen LogP contribution is -2.78. The molecule has 0 aromatic rings. The van der Waals surface area contributed by atoms with Crippen LogP contribution < -0.4 is 0 Å². The molecule has 18 heteroatoms. The standard InChI is InChI=1S/C46H74O18/c1-20(47)27-14-34(52)46(55)44(27,7)33(51)19-32-43(6)11-10-26(13-25(43)9-12-45(32,46)54)61-35-15-28(48)40(22(3)58-35)62-36-16-29(49)41(23(4)59-36)63-37-17-30(50)42(24(5)60-37)64-38-18-31(56-8)39(53)21(2)57-38/h9,21-24,26-42,48-55H,10-19H2,1-8H3/t21-,22-,23-,24-,26+,27+,28+,29+,30+,31-,32-,33-,34-,35+,36+,37+,38+,39-,40-,41-,42-,43+,44+,45+,46-/m1/s1. The van der Waals surface area contributed by atoms with Crippen LogP contribution in [-0.2, 0) is 47.4 Å². The Balaban J connectivity index is 0.819. The molecule has 3 saturated carbocycles. The van der Waals surface area contributed by atoms with E-state index in [4.69, 9.17) is 42.6 Å². The number of hydrogen-bond donors (Lipinski definition) is 8. The molecule has 8 rings (SSSR count). The summed E-state index contributed by atoms with van der Waals surface area (Å²) in [4.78, 5) is 12.7. The second-order valence-corrected chi connectivity index (χ2v) is 20.8. The Morgan fingerprint density at radius 1 is 0.672 bits per heavy atom. The average molecular weight is 915 g/mol. The maximum absolute atomic E-state index is 12.7. The Morgan fingerprint density at radius 3 is 1.64 bits per heavy atom. The first-order valence-corrected chi connectivity index (χ1v) is 23.5. The summed E-state index contributed by atoms with van der Waals surface area (Å²) in [5.41, 5.74) is -4.85. The van der Waals surface area contributed by atoms with E-state index in [2.05, 4.69) is 0 Å². The molecule has 0 spiro atoms. The minimum Gasteiger partial charge on any atom is -0.392 e. The van der Waals surface area contributed by atoms with Gasteiger partial charge in [0.05, 0.1) is 67.1 Å². The van der Waals surface area contributed by atoms with Crippen LogP contribution >= 0.6 is 0 Å². The van der Waals surface area contributed by atoms with Crippen molar-refractivity contribution in [2.45, 2.75) is 241 Å². The molecule has 0 aromatic heterocycles. The molecule has 0 aromatic carbocycles. The normalized spacial score (nSPS) is 55.5. The zero-order valence-corrected chi connectivity index (χ0v) is 38.4. The molecule has 0 amide bonds. The van der Waals surface area contributed by atoms with E-state index in [9.17, 15) is 45.6 Å². The van der Waals surface area contributed by atoms with Crippen LogP contribution in [0.2, 0.25) is 0 Å². The SMILES string of the molecule is CO[C@@H]1C[C@H](O[C@H]2[C@@H](O)C[C@H](O[C@H]3[C@@H](O)C[C@H](O[C@H]4[C@@H](O)C[C@H](O[C@H]5CC[C@@]6(C)C(=CC[C@]7(O)[C@@H]6C[C@@H](O)[C@]6(C)[C@H](C(C)=O)C[C@@H](O)[C@@]67O)C5)O[C@@H]4C)O[C@@H]3C)O[C@@H]2C)O[C@H](C)[C@H]1O. The number of methoxy groups -OCH3 is 1. The number of aliphatic hydroxyl groups is 8. The molecule has 4 heterocycles. The van der Waals surface area contributed by atoms with Crippen LogP contribution in [0.4, 0.5) is 0 Å². The minimum atomic E-state index is -2.09. The summed E-state index contributed by atoms with van der Waals surface area (Å²) in [6, 6.07) is 0. The van der Waals surface area contributed by atoms with E-state index in [0.29, 0.717) is 19.3 Å². The number of aliphatic hydroxyl groups excluding tert-OH is 6. The van der Waals surface area contributed by atoms with Crippen molar-refractivity contribution in [1.82, 2.24) is 0 Å². The third-order valence-electron chi connectivity index (χ3n) is 17.1. The molecule has 0 unspecified atom stereocenters. The van der Waals surface area contributed by atoms with Gasteiger partial charge in [0, 0.05) is 50.0 Å². The highest BCUT2D eigenvalue weighted by molar-refractivity contribution is 5.80. The van der Waals surface area contributed by atoms with E-state index >= 15 is 0 Å². The Bertz CT molecular complexity index is 1670. The number of carbonyl (C=O) groups excluding carboxylic acids is 1. The fourth-order valence-corrected chi connectivity index (χ4v) is 13.4. The second-order valence-electron chi connectivity index (χ2n) is 20.8. The van der Waals surface area contributed by atoms with E-state index in [0.717, 1.165) is 5.57 Å². The van der Waals surface area contributed by atoms with Gasteiger partial charge in [0.15, 0.2) is 25.2 Å².